The number of barbiturate groups is 4. The van der Waals surface area contributed by atoms with Crippen molar-refractivity contribution in [2.24, 2.45) is 0 Å². The Balaban J connectivity index is 0.000000194. The first kappa shape index (κ1) is 100.0. The predicted molar refractivity (Wildman–Crippen MR) is 498 cm³/mol. The summed E-state index contributed by atoms with van der Waals surface area (Å²) >= 11 is 9.41. The average molecular weight is 1810 g/mol. The van der Waals surface area contributed by atoms with Gasteiger partial charge in [0.15, 0.2) is 10.2 Å². The van der Waals surface area contributed by atoms with Gasteiger partial charge in [0.25, 0.3) is 70.9 Å². The highest BCUT2D eigenvalue weighted by Crippen LogP contribution is 2.27. The number of para-hydroxylation sites is 1. The predicted octanol–water partition coefficient (Wildman–Crippen LogP) is 10.1. The number of nitrogens with one attached hydrogen (secondary N) is 7. The van der Waals surface area contributed by atoms with Gasteiger partial charge in [-0.05, 0) is 166 Å². The van der Waals surface area contributed by atoms with E-state index in [0.717, 1.165) is 58.9 Å². The molecule has 0 aromatic heterocycles. The summed E-state index contributed by atoms with van der Waals surface area (Å²) in [6.45, 7) is 8.74. The average Bonchev–Trinajstić information content (AvgIpc) is 0.782. The summed E-state index contributed by atoms with van der Waals surface area (Å²) in [7, 11) is 7.10. The van der Waals surface area contributed by atoms with Crippen molar-refractivity contribution >= 4 is 172 Å². The Morgan fingerprint density at radius 3 is 1.17 bits per heavy atom. The van der Waals surface area contributed by atoms with Crippen LogP contribution in [0.3, 0.4) is 0 Å². The van der Waals surface area contributed by atoms with E-state index >= 15 is 0 Å². The van der Waals surface area contributed by atoms with Crippen LogP contribution in [-0.2, 0) is 62.3 Å². The van der Waals surface area contributed by atoms with Gasteiger partial charge in [-0.25, -0.2) is 19.2 Å². The van der Waals surface area contributed by atoms with Gasteiger partial charge in [0, 0.05) is 70.8 Å². The molecule has 0 saturated carbocycles. The van der Waals surface area contributed by atoms with Gasteiger partial charge in [0.1, 0.15) is 44.9 Å². The number of hydrogen-bond donors (Lipinski definition) is 7. The number of allylic oxidation sites excluding steroid dienone is 12. The number of carbonyl (C=O) groups is 16. The number of methoxy groups -OCH3 is 2. The number of hydrogen-bond acceptors (Lipinski definition) is 23. The largest absolute Gasteiger partial charge is 0.497 e. The lowest BCUT2D eigenvalue weighted by Crippen LogP contribution is -2.60. The van der Waals surface area contributed by atoms with Gasteiger partial charge in [-0.15, -0.1) is 0 Å². The molecule has 7 aliphatic heterocycles. The van der Waals surface area contributed by atoms with E-state index in [1.165, 1.54) is 47.4 Å². The molecule has 7 saturated heterocycles. The Morgan fingerprint density at radius 2 is 0.740 bits per heavy atom. The monoisotopic (exact) mass is 1810 g/mol. The lowest BCUT2D eigenvalue weighted by molar-refractivity contribution is -0.139. The lowest BCUT2D eigenvalue weighted by Gasteiger charge is -2.39. The van der Waals surface area contributed by atoms with Gasteiger partial charge in [-0.1, -0.05) is 194 Å². The number of imide groups is 8. The van der Waals surface area contributed by atoms with Crippen LogP contribution in [0.4, 0.5) is 24.9 Å². The quantitative estimate of drug-likeness (QED) is 0.0212. The second-order valence-corrected chi connectivity index (χ2v) is 28.7. The number of anilines is 1. The Bertz CT molecular complexity index is 5780. The maximum atomic E-state index is 12.9. The van der Waals surface area contributed by atoms with E-state index in [9.17, 15) is 76.7 Å². The SMILES string of the molecule is CCN1C(=O)/C(=C\C=C\c2ccccc2)C(=O)N(C2CCOCC2)C1=O.CCN1C(=O)C(=C/C=C/c2ccccc2)C(=O)N(CC)C1=O.CCN1C(=O)NC(=O)/C(=C\C=C\c2ccc(N(C)C)cc2)C1=O.COc1ccc(/C=C/C=C2C(=O)NC(=S)NC2=O)cc1.COc1ccccc1/C=C/C=C1C(=O)NC(=S)NC1=O.N#Cc1ccccc1/C=C/C=C1C(=O)NC(=O)NC1=O. The first-order chi connectivity index (χ1) is 63.0. The minimum Gasteiger partial charge on any atom is -0.497 e. The van der Waals surface area contributed by atoms with Crippen LogP contribution in [0.1, 0.15) is 79.5 Å². The highest BCUT2D eigenvalue weighted by Gasteiger charge is 2.45. The third-order valence-corrected chi connectivity index (χ3v) is 19.6. The van der Waals surface area contributed by atoms with Crippen molar-refractivity contribution in [3.05, 3.63) is 303 Å². The normalized spacial score (nSPS) is 16.7. The number of thiocarbonyl (C=S) groups is 2. The molecule has 0 radical (unpaired) electrons. The van der Waals surface area contributed by atoms with Crippen LogP contribution in [0.25, 0.3) is 36.5 Å². The molecular weight excluding hydrogens is 1720 g/mol. The fourth-order valence-corrected chi connectivity index (χ4v) is 12.8. The molecule has 7 heterocycles. The molecule has 35 heteroatoms. The minimum absolute atomic E-state index is 0.00440. The van der Waals surface area contributed by atoms with Crippen LogP contribution in [-0.4, -0.2) is 203 Å². The van der Waals surface area contributed by atoms with Crippen LogP contribution in [0.15, 0.2) is 264 Å². The molecule has 6 aromatic rings. The summed E-state index contributed by atoms with van der Waals surface area (Å²) < 4.78 is 15.6. The van der Waals surface area contributed by atoms with Crippen molar-refractivity contribution in [2.75, 3.05) is 72.6 Å². The van der Waals surface area contributed by atoms with Crippen molar-refractivity contribution in [1.29, 1.82) is 5.26 Å². The lowest BCUT2D eigenvalue weighted by atomic mass is 10.0. The third-order valence-electron chi connectivity index (χ3n) is 19.2. The summed E-state index contributed by atoms with van der Waals surface area (Å²) in [6, 6.07) is 47.9. The van der Waals surface area contributed by atoms with Gasteiger partial charge < -0.3 is 19.1 Å². The van der Waals surface area contributed by atoms with Crippen molar-refractivity contribution in [3.63, 3.8) is 0 Å². The second kappa shape index (κ2) is 50.0. The summed E-state index contributed by atoms with van der Waals surface area (Å²) in [6.07, 6.45) is 29.9. The molecule has 0 spiro atoms. The van der Waals surface area contributed by atoms with E-state index in [1.54, 1.807) is 127 Å². The summed E-state index contributed by atoms with van der Waals surface area (Å²) in [5.41, 5.74) is 6.70. The number of ether oxygens (including phenoxy) is 3. The number of likely N-dealkylation sites (N-methyl/N-ethyl adjacent to an activating group) is 4. The molecule has 20 amide bonds. The van der Waals surface area contributed by atoms with E-state index in [0.29, 0.717) is 42.9 Å². The number of rotatable bonds is 20. The second-order valence-electron chi connectivity index (χ2n) is 27.9. The smallest absolute Gasteiger partial charge is 0.334 e. The number of benzene rings is 6. The zero-order valence-electron chi connectivity index (χ0n) is 72.3. The van der Waals surface area contributed by atoms with Gasteiger partial charge >= 0.3 is 24.1 Å². The molecule has 7 aliphatic rings. The van der Waals surface area contributed by atoms with E-state index in [1.807, 2.05) is 175 Å². The maximum Gasteiger partial charge on any atom is 0.334 e. The topological polar surface area (TPSA) is 428 Å². The molecule has 33 nitrogen and oxygen atoms in total. The number of nitriles is 1. The number of carbonyl (C=O) groups excluding carboxylic acids is 16. The van der Waals surface area contributed by atoms with Crippen LogP contribution in [0, 0.1) is 11.3 Å². The Labute approximate surface area is 765 Å². The van der Waals surface area contributed by atoms with Crippen molar-refractivity contribution in [2.45, 2.75) is 46.6 Å². The fourth-order valence-electron chi connectivity index (χ4n) is 12.4. The van der Waals surface area contributed by atoms with E-state index in [-0.39, 0.29) is 75.9 Å². The van der Waals surface area contributed by atoms with Crippen LogP contribution in [0.2, 0.25) is 0 Å². The summed E-state index contributed by atoms with van der Waals surface area (Å²) in [5.74, 6) is -5.44. The molecule has 131 heavy (non-hydrogen) atoms. The first-order valence-electron chi connectivity index (χ1n) is 40.6. The highest BCUT2D eigenvalue weighted by atomic mass is 32.1. The molecule has 7 N–H and O–H groups in total. The Kier molecular flexibility index (Phi) is 38.2. The van der Waals surface area contributed by atoms with Crippen LogP contribution >= 0.6 is 24.4 Å². The van der Waals surface area contributed by atoms with E-state index < -0.39 is 95.0 Å². The number of nitrogens with zero attached hydrogens (tertiary/aromatic N) is 7. The molecule has 6 aromatic carbocycles. The van der Waals surface area contributed by atoms with Crippen molar-refractivity contribution < 1.29 is 90.9 Å². The molecule has 0 unspecified atom stereocenters. The van der Waals surface area contributed by atoms with Crippen LogP contribution in [0.5, 0.6) is 11.5 Å². The van der Waals surface area contributed by atoms with Crippen LogP contribution < -0.4 is 51.6 Å². The minimum atomic E-state index is -0.837. The number of urea groups is 4. The Hall–Kier alpha value is -16.5. The fraction of sp³-hybridized carbons (Fsp3) is 0.177. The van der Waals surface area contributed by atoms with E-state index in [4.69, 9.17) is 43.9 Å². The van der Waals surface area contributed by atoms with Gasteiger partial charge in [-0.2, -0.15) is 5.26 Å². The standard InChI is InChI=1S/C20H22N2O4.C17H19N3O3.C17H18N2O3.C14H9N3O3.2C14H12N2O3S/c1-2-21-18(23)17(10-6-9-15-7-4-3-5-8-15)19(24)22(20(21)25)16-11-13-26-14-12-16;1-4-20-16(22)14(15(21)18-17(20)23)7-5-6-12-8-10-13(11-9-12)19(2)3;1-3-18-15(20)14(16(21)19(4-2)17(18)22)12-8-11-13-9-6-5-7-10-13;15-8-10-5-2-1-4-9(10)6-3-7-11-12(18)16-14(20)17-13(11)19;1-19-11-8-3-2-5-9(11)6-4-7-10-12(17)15-14(20)16-13(10)18;1-19-10-7-5-9(6-8-10)3-2-4-11-12(17)15-14(20)16-13(11)18/h3-10,16H,2,11-14H2,1H3;5-11H,4H2,1-3H3,(H,18,21,23);5-12H,3-4H2,1-2H3;1-7H,(H2,16,17,18,19,20);2*2-8H,1H3,(H2,15,16,17,18,20)/b9-6+,17-10+;6-5+,14-7+;11-8+;6-3+;6-4+;3-2+. The molecule has 13 rings (SSSR count). The zero-order valence-corrected chi connectivity index (χ0v) is 74.0. The molecule has 7 fully saturated rings. The van der Waals surface area contributed by atoms with Gasteiger partial charge in [-0.3, -0.25) is 119 Å². The molecule has 0 atom stereocenters. The van der Waals surface area contributed by atoms with E-state index in [2.05, 4.69) is 26.6 Å². The number of amides is 20. The maximum absolute atomic E-state index is 12.9. The highest BCUT2D eigenvalue weighted by molar-refractivity contribution is 7.80. The Morgan fingerprint density at radius 1 is 0.389 bits per heavy atom. The third kappa shape index (κ3) is 28.3. The molecule has 672 valence electrons. The first-order valence-corrected chi connectivity index (χ1v) is 41.4. The van der Waals surface area contributed by atoms with Gasteiger partial charge in [0.05, 0.1) is 25.9 Å². The zero-order chi connectivity index (χ0) is 95.2. The molecule has 0 aliphatic carbocycles. The molecule has 0 bridgehead atoms. The molecular formula is C96H92N14O19S2. The van der Waals surface area contributed by atoms with Crippen molar-refractivity contribution in [1.82, 2.24) is 61.7 Å². The summed E-state index contributed by atoms with van der Waals surface area (Å²) in [4.78, 5) is 197. The van der Waals surface area contributed by atoms with Gasteiger partial charge in [0.2, 0.25) is 0 Å². The van der Waals surface area contributed by atoms with Crippen molar-refractivity contribution in [3.8, 4) is 17.6 Å². The summed E-state index contributed by atoms with van der Waals surface area (Å²) in [5, 5.41) is 24.5.